The highest BCUT2D eigenvalue weighted by atomic mass is 35.5. The Bertz CT molecular complexity index is 1190. The predicted molar refractivity (Wildman–Crippen MR) is 127 cm³/mol. The van der Waals surface area contributed by atoms with Gasteiger partial charge in [-0.05, 0) is 30.5 Å². The van der Waals surface area contributed by atoms with Crippen LogP contribution in [0, 0.1) is 5.92 Å². The smallest absolute Gasteiger partial charge is 0.227 e. The Morgan fingerprint density at radius 3 is 2.62 bits per heavy atom. The van der Waals surface area contributed by atoms with E-state index in [1.54, 1.807) is 19.6 Å². The van der Waals surface area contributed by atoms with Crippen molar-refractivity contribution in [2.24, 2.45) is 21.6 Å². The normalized spacial score (nSPS) is 23.8. The number of benzene rings is 2. The van der Waals surface area contributed by atoms with Crippen molar-refractivity contribution in [1.82, 2.24) is 14.5 Å². The molecule has 0 saturated heterocycles. The molecule has 32 heavy (non-hydrogen) atoms. The molecule has 8 heteroatoms. The van der Waals surface area contributed by atoms with Crippen molar-refractivity contribution in [3.05, 3.63) is 71.8 Å². The first-order valence-corrected chi connectivity index (χ1v) is 11.0. The first-order valence-electron chi connectivity index (χ1n) is 10.6. The summed E-state index contributed by atoms with van der Waals surface area (Å²) in [6.45, 7) is 0. The van der Waals surface area contributed by atoms with E-state index in [0.717, 1.165) is 24.2 Å². The van der Waals surface area contributed by atoms with Crippen molar-refractivity contribution in [2.75, 3.05) is 14.2 Å². The third-order valence-electron chi connectivity index (χ3n) is 6.43. The Morgan fingerprint density at radius 2 is 1.91 bits per heavy atom. The van der Waals surface area contributed by atoms with Gasteiger partial charge < -0.3 is 19.9 Å². The van der Waals surface area contributed by atoms with Gasteiger partial charge in [-0.2, -0.15) is 0 Å². The molecule has 1 aromatic heterocycles. The van der Waals surface area contributed by atoms with E-state index < -0.39 is 0 Å². The molecule has 3 aromatic rings. The third-order valence-corrected chi connectivity index (χ3v) is 6.63. The standard InChI is InChI=1S/C24H25ClN6O/c1-30-22-17(15-6-4-3-5-7-15)9-10-18(22)23(26)29-24(30)28-16-8-11-19(20(12-16)32-2)31-13-21(25)27-14-31/h3-8,11-14,17-18,22H,9-10H2,1-2H3,(H2,26,28,29)/t17?,18?,22-/m0/s1. The number of nitrogens with two attached hydrogens (primary N) is 1. The average molecular weight is 449 g/mol. The number of aromatic nitrogens is 2. The Balaban J connectivity index is 1.49. The molecule has 2 unspecified atom stereocenters. The van der Waals surface area contributed by atoms with E-state index in [9.17, 15) is 0 Å². The van der Waals surface area contributed by atoms with Gasteiger partial charge >= 0.3 is 0 Å². The number of halogens is 1. The second kappa shape index (κ2) is 8.31. The molecule has 1 fully saturated rings. The summed E-state index contributed by atoms with van der Waals surface area (Å²) < 4.78 is 7.41. The van der Waals surface area contributed by atoms with Crippen molar-refractivity contribution < 1.29 is 4.74 Å². The summed E-state index contributed by atoms with van der Waals surface area (Å²) in [5.41, 5.74) is 9.33. The van der Waals surface area contributed by atoms with Crippen LogP contribution in [-0.4, -0.2) is 46.4 Å². The fraction of sp³-hybridized carbons (Fsp3) is 0.292. The molecule has 5 rings (SSSR count). The number of imidazole rings is 1. The first kappa shape index (κ1) is 20.6. The average Bonchev–Trinajstić information content (AvgIpc) is 3.45. The zero-order valence-corrected chi connectivity index (χ0v) is 18.8. The molecular weight excluding hydrogens is 424 g/mol. The SMILES string of the molecule is COc1cc(N=C2N=C(N)C3CCC(c4ccccc4)[C@@H]3N2C)ccc1-n1cnc(Cl)c1. The van der Waals surface area contributed by atoms with Crippen molar-refractivity contribution >= 4 is 29.1 Å². The van der Waals surface area contributed by atoms with Gasteiger partial charge in [-0.1, -0.05) is 41.9 Å². The summed E-state index contributed by atoms with van der Waals surface area (Å²) >= 11 is 5.97. The van der Waals surface area contributed by atoms with Crippen LogP contribution in [0.3, 0.4) is 0 Å². The minimum atomic E-state index is 0.239. The number of amidine groups is 1. The number of ether oxygens (including phenoxy) is 1. The predicted octanol–water partition coefficient (Wildman–Crippen LogP) is 4.39. The van der Waals surface area contributed by atoms with Crippen LogP contribution in [0.1, 0.15) is 24.3 Å². The van der Waals surface area contributed by atoms with Crippen LogP contribution in [0.15, 0.2) is 71.0 Å². The van der Waals surface area contributed by atoms with Gasteiger partial charge in [-0.25, -0.2) is 15.0 Å². The van der Waals surface area contributed by atoms with Gasteiger partial charge in [0.25, 0.3) is 0 Å². The fourth-order valence-electron chi connectivity index (χ4n) is 4.92. The summed E-state index contributed by atoms with van der Waals surface area (Å²) in [6.07, 6.45) is 5.50. The number of rotatable bonds is 4. The summed E-state index contributed by atoms with van der Waals surface area (Å²) in [4.78, 5) is 15.8. The van der Waals surface area contributed by atoms with Crippen LogP contribution in [-0.2, 0) is 0 Å². The van der Waals surface area contributed by atoms with Crippen LogP contribution in [0.4, 0.5) is 5.69 Å². The number of fused-ring (bicyclic) bond motifs is 1. The lowest BCUT2D eigenvalue weighted by Gasteiger charge is -2.38. The molecule has 1 aliphatic carbocycles. The molecule has 2 heterocycles. The number of methoxy groups -OCH3 is 1. The van der Waals surface area contributed by atoms with Crippen LogP contribution in [0.5, 0.6) is 5.75 Å². The van der Waals surface area contributed by atoms with Crippen molar-refractivity contribution in [3.8, 4) is 11.4 Å². The van der Waals surface area contributed by atoms with Gasteiger partial charge in [0.05, 0.1) is 18.5 Å². The highest BCUT2D eigenvalue weighted by Crippen LogP contribution is 2.43. The number of guanidine groups is 1. The molecule has 0 radical (unpaired) electrons. The maximum atomic E-state index is 6.42. The first-order chi connectivity index (χ1) is 15.5. The fourth-order valence-corrected chi connectivity index (χ4v) is 5.07. The summed E-state index contributed by atoms with van der Waals surface area (Å²) in [5, 5.41) is 0.420. The van der Waals surface area contributed by atoms with Crippen LogP contribution in [0.25, 0.3) is 5.69 Å². The Hall–Kier alpha value is -3.32. The minimum absolute atomic E-state index is 0.239. The molecule has 1 aliphatic heterocycles. The number of likely N-dealkylation sites (N-methyl/N-ethyl adjacent to an activating group) is 1. The summed E-state index contributed by atoms with van der Waals surface area (Å²) in [7, 11) is 3.69. The maximum Gasteiger partial charge on any atom is 0.227 e. The highest BCUT2D eigenvalue weighted by molar-refractivity contribution is 6.29. The lowest BCUT2D eigenvalue weighted by atomic mass is 9.89. The second-order valence-electron chi connectivity index (χ2n) is 8.21. The van der Waals surface area contributed by atoms with E-state index in [4.69, 9.17) is 27.1 Å². The topological polar surface area (TPSA) is 81.0 Å². The quantitative estimate of drug-likeness (QED) is 0.641. The molecule has 7 nitrogen and oxygen atoms in total. The third kappa shape index (κ3) is 3.62. The zero-order valence-electron chi connectivity index (χ0n) is 18.0. The molecule has 2 N–H and O–H groups in total. The second-order valence-corrected chi connectivity index (χ2v) is 8.60. The number of aliphatic imine (C=N–C) groups is 2. The van der Waals surface area contributed by atoms with Crippen molar-refractivity contribution in [2.45, 2.75) is 24.8 Å². The van der Waals surface area contributed by atoms with E-state index in [-0.39, 0.29) is 12.0 Å². The molecule has 2 aliphatic rings. The van der Waals surface area contributed by atoms with Crippen molar-refractivity contribution in [1.29, 1.82) is 0 Å². The Labute approximate surface area is 192 Å². The lowest BCUT2D eigenvalue weighted by Crippen LogP contribution is -2.50. The molecule has 2 aromatic carbocycles. The van der Waals surface area contributed by atoms with Crippen molar-refractivity contribution in [3.63, 3.8) is 0 Å². The zero-order chi connectivity index (χ0) is 22.2. The van der Waals surface area contributed by atoms with Gasteiger partial charge in [-0.15, -0.1) is 0 Å². The highest BCUT2D eigenvalue weighted by Gasteiger charge is 2.44. The van der Waals surface area contributed by atoms with Crippen LogP contribution in [0.2, 0.25) is 5.15 Å². The van der Waals surface area contributed by atoms with Gasteiger partial charge in [0, 0.05) is 37.2 Å². The molecule has 164 valence electrons. The van der Waals surface area contributed by atoms with E-state index in [0.29, 0.717) is 28.6 Å². The van der Waals surface area contributed by atoms with E-state index in [1.165, 1.54) is 5.56 Å². The Kier molecular flexibility index (Phi) is 5.35. The van der Waals surface area contributed by atoms with Gasteiger partial charge in [0.15, 0.2) is 0 Å². The van der Waals surface area contributed by atoms with Gasteiger partial charge in [-0.3, -0.25) is 0 Å². The van der Waals surface area contributed by atoms with E-state index in [1.807, 2.05) is 22.8 Å². The maximum absolute atomic E-state index is 6.42. The van der Waals surface area contributed by atoms with Crippen LogP contribution < -0.4 is 10.5 Å². The lowest BCUT2D eigenvalue weighted by molar-refractivity contribution is 0.300. The molecule has 0 bridgehead atoms. The molecular formula is C24H25ClN6O. The molecule has 0 spiro atoms. The minimum Gasteiger partial charge on any atom is -0.494 e. The molecule has 1 saturated carbocycles. The largest absolute Gasteiger partial charge is 0.494 e. The van der Waals surface area contributed by atoms with Crippen LogP contribution >= 0.6 is 11.6 Å². The summed E-state index contributed by atoms with van der Waals surface area (Å²) in [6, 6.07) is 16.6. The Morgan fingerprint density at radius 1 is 1.12 bits per heavy atom. The number of hydrogen-bond donors (Lipinski definition) is 1. The molecule has 3 atom stereocenters. The monoisotopic (exact) mass is 448 g/mol. The summed E-state index contributed by atoms with van der Waals surface area (Å²) in [5.74, 6) is 2.59. The molecule has 0 amide bonds. The van der Waals surface area contributed by atoms with E-state index >= 15 is 0 Å². The van der Waals surface area contributed by atoms with Gasteiger partial charge in [0.1, 0.15) is 23.1 Å². The number of hydrogen-bond acceptors (Lipinski definition) is 4. The van der Waals surface area contributed by atoms with Gasteiger partial charge in [0.2, 0.25) is 5.96 Å². The van der Waals surface area contributed by atoms with E-state index in [2.05, 4.69) is 52.3 Å². The number of nitrogens with zero attached hydrogens (tertiary/aromatic N) is 5.